The Morgan fingerprint density at radius 1 is 0.513 bits per heavy atom. The molecule has 5 heteroatoms. The number of hydrogen-bond donors (Lipinski definition) is 0. The van der Waals surface area contributed by atoms with Gasteiger partial charge in [0.05, 0.1) is 32.0 Å². The number of methoxy groups -OCH3 is 4. The van der Waals surface area contributed by atoms with Crippen molar-refractivity contribution in [2.45, 2.75) is 39.5 Å². The Hall–Kier alpha value is -3.19. The topological polar surface area (TPSA) is 36.9 Å². The van der Waals surface area contributed by atoms with E-state index in [0.29, 0.717) is 0 Å². The maximum absolute atomic E-state index is 5.88. The Morgan fingerprint density at radius 2 is 0.974 bits per heavy atom. The first-order valence-electron chi connectivity index (χ1n) is 13.2. The minimum absolute atomic E-state index is 0.220. The highest BCUT2D eigenvalue weighted by atomic mass is 127. The largest absolute Gasteiger partial charge is 0.497 e. The van der Waals surface area contributed by atoms with Gasteiger partial charge in [0.15, 0.2) is 0 Å². The number of ether oxygens (including phenoxy) is 4. The number of para-hydroxylation sites is 2. The molecule has 4 aromatic carbocycles. The Morgan fingerprint density at radius 3 is 1.38 bits per heavy atom. The van der Waals surface area contributed by atoms with Crippen LogP contribution in [0.15, 0.2) is 66.7 Å². The molecule has 0 fully saturated rings. The van der Waals surface area contributed by atoms with Gasteiger partial charge in [0, 0.05) is 22.8 Å². The highest BCUT2D eigenvalue weighted by Gasteiger charge is 2.28. The first-order chi connectivity index (χ1) is 18.8. The molecule has 0 aliphatic carbocycles. The normalized spacial score (nSPS) is 11.2. The fourth-order valence-corrected chi connectivity index (χ4v) is 6.21. The zero-order valence-corrected chi connectivity index (χ0v) is 26.2. The first-order valence-corrected chi connectivity index (χ1v) is 14.2. The van der Waals surface area contributed by atoms with E-state index < -0.39 is 0 Å². The van der Waals surface area contributed by atoms with Crippen LogP contribution in [0.3, 0.4) is 0 Å². The molecule has 0 saturated carbocycles. The zero-order valence-electron chi connectivity index (χ0n) is 24.0. The molecule has 0 aliphatic rings. The summed E-state index contributed by atoms with van der Waals surface area (Å²) in [7, 11) is 6.87. The Bertz CT molecular complexity index is 1400. The highest BCUT2D eigenvalue weighted by molar-refractivity contribution is 14.1. The van der Waals surface area contributed by atoms with Crippen LogP contribution in [0.25, 0.3) is 33.4 Å². The first kappa shape index (κ1) is 28.8. The van der Waals surface area contributed by atoms with Gasteiger partial charge in [-0.3, -0.25) is 0 Å². The number of rotatable bonds is 9. The van der Waals surface area contributed by atoms with Gasteiger partial charge in [-0.2, -0.15) is 0 Å². The lowest BCUT2D eigenvalue weighted by Gasteiger charge is -2.29. The van der Waals surface area contributed by atoms with Gasteiger partial charge in [0.25, 0.3) is 0 Å². The average Bonchev–Trinajstić information content (AvgIpc) is 2.95. The van der Waals surface area contributed by atoms with Gasteiger partial charge in [0.2, 0.25) is 0 Å². The SMILES string of the molecule is COc1cc(OC)c(I)c(-c2c(C(C)C)c(-c3ccccc3OC)cc(-c3ccccc3OC)c2C(C)C)c1. The summed E-state index contributed by atoms with van der Waals surface area (Å²) in [6, 6.07) is 22.9. The molecule has 0 spiro atoms. The molecular weight excluding hydrogens is 599 g/mol. The molecule has 0 radical (unpaired) electrons. The fourth-order valence-electron chi connectivity index (χ4n) is 5.40. The molecule has 4 rings (SSSR count). The van der Waals surface area contributed by atoms with Crippen molar-refractivity contribution in [1.82, 2.24) is 0 Å². The second kappa shape index (κ2) is 12.3. The smallest absolute Gasteiger partial charge is 0.136 e. The molecule has 0 saturated heterocycles. The number of hydrogen-bond acceptors (Lipinski definition) is 4. The second-order valence-corrected chi connectivity index (χ2v) is 11.2. The molecule has 4 aromatic rings. The molecule has 0 aliphatic heterocycles. The summed E-state index contributed by atoms with van der Waals surface area (Å²) in [6.07, 6.45) is 0. The molecule has 0 N–H and O–H groups in total. The Kier molecular flexibility index (Phi) is 9.11. The lowest BCUT2D eigenvalue weighted by molar-refractivity contribution is 0.393. The standard InChI is InChI=1S/C34H37IO4/c1-20(2)31-25(23-13-9-11-15-28(23)37-6)19-26(24-14-10-12-16-29(24)38-7)32(21(3)4)33(31)27-17-22(36-5)18-30(39-8)34(27)35/h9-21H,1-8H3. The lowest BCUT2D eigenvalue weighted by Crippen LogP contribution is -2.08. The molecule has 0 heterocycles. The van der Waals surface area contributed by atoms with Crippen molar-refractivity contribution in [1.29, 1.82) is 0 Å². The van der Waals surface area contributed by atoms with Gasteiger partial charge >= 0.3 is 0 Å². The monoisotopic (exact) mass is 636 g/mol. The van der Waals surface area contributed by atoms with Crippen molar-refractivity contribution < 1.29 is 18.9 Å². The number of benzene rings is 4. The van der Waals surface area contributed by atoms with E-state index in [9.17, 15) is 0 Å². The Labute approximate surface area is 246 Å². The molecule has 0 atom stereocenters. The third-order valence-corrected chi connectivity index (χ3v) is 8.21. The fraction of sp³-hybridized carbons (Fsp3) is 0.294. The summed E-state index contributed by atoms with van der Waals surface area (Å²) in [5.41, 5.74) is 9.20. The van der Waals surface area contributed by atoms with Crippen LogP contribution >= 0.6 is 22.6 Å². The van der Waals surface area contributed by atoms with Crippen LogP contribution in [0.1, 0.15) is 50.7 Å². The van der Waals surface area contributed by atoms with E-state index in [1.54, 1.807) is 28.4 Å². The van der Waals surface area contributed by atoms with E-state index in [2.05, 4.69) is 86.7 Å². The second-order valence-electron chi connectivity index (χ2n) is 10.1. The van der Waals surface area contributed by atoms with Gasteiger partial charge in [-0.05, 0) is 86.5 Å². The van der Waals surface area contributed by atoms with Gasteiger partial charge in [-0.1, -0.05) is 64.1 Å². The van der Waals surface area contributed by atoms with E-state index >= 15 is 0 Å². The van der Waals surface area contributed by atoms with Gasteiger partial charge < -0.3 is 18.9 Å². The molecule has 0 aromatic heterocycles. The highest BCUT2D eigenvalue weighted by Crippen LogP contribution is 2.51. The van der Waals surface area contributed by atoms with Crippen molar-refractivity contribution in [3.63, 3.8) is 0 Å². The minimum atomic E-state index is 0.220. The summed E-state index contributed by atoms with van der Waals surface area (Å²) in [4.78, 5) is 0. The van der Waals surface area contributed by atoms with E-state index in [-0.39, 0.29) is 11.8 Å². The maximum atomic E-state index is 5.88. The van der Waals surface area contributed by atoms with Crippen LogP contribution in [0, 0.1) is 3.57 Å². The lowest BCUT2D eigenvalue weighted by atomic mass is 9.76. The maximum Gasteiger partial charge on any atom is 0.136 e. The zero-order chi connectivity index (χ0) is 28.3. The van der Waals surface area contributed by atoms with E-state index in [4.69, 9.17) is 18.9 Å². The van der Waals surface area contributed by atoms with E-state index in [1.807, 2.05) is 30.3 Å². The van der Waals surface area contributed by atoms with Crippen molar-refractivity contribution in [2.75, 3.05) is 28.4 Å². The summed E-state index contributed by atoms with van der Waals surface area (Å²) in [5, 5.41) is 0. The van der Waals surface area contributed by atoms with Crippen LogP contribution in [0.5, 0.6) is 23.0 Å². The van der Waals surface area contributed by atoms with Crippen molar-refractivity contribution in [2.24, 2.45) is 0 Å². The van der Waals surface area contributed by atoms with Crippen LogP contribution in [0.4, 0.5) is 0 Å². The minimum Gasteiger partial charge on any atom is -0.497 e. The molecule has 4 nitrogen and oxygen atoms in total. The Balaban J connectivity index is 2.31. The predicted molar refractivity (Wildman–Crippen MR) is 170 cm³/mol. The van der Waals surface area contributed by atoms with Crippen LogP contribution in [-0.2, 0) is 0 Å². The third-order valence-electron chi connectivity index (χ3n) is 7.09. The van der Waals surface area contributed by atoms with E-state index in [1.165, 1.54) is 16.7 Å². The van der Waals surface area contributed by atoms with Crippen LogP contribution < -0.4 is 18.9 Å². The van der Waals surface area contributed by atoms with Crippen LogP contribution in [-0.4, -0.2) is 28.4 Å². The molecule has 0 unspecified atom stereocenters. The average molecular weight is 637 g/mol. The predicted octanol–water partition coefficient (Wildman–Crippen LogP) is 9.57. The number of halogens is 1. The molecule has 204 valence electrons. The van der Waals surface area contributed by atoms with Crippen LogP contribution in [0.2, 0.25) is 0 Å². The summed E-state index contributed by atoms with van der Waals surface area (Å²) in [6.45, 7) is 9.04. The van der Waals surface area contributed by atoms with Crippen molar-refractivity contribution >= 4 is 22.6 Å². The molecular formula is C34H37IO4. The summed E-state index contributed by atoms with van der Waals surface area (Å²) in [5.74, 6) is 3.66. The van der Waals surface area contributed by atoms with Gasteiger partial charge in [0.1, 0.15) is 23.0 Å². The molecule has 0 bridgehead atoms. The van der Waals surface area contributed by atoms with Crippen molar-refractivity contribution in [3.8, 4) is 56.4 Å². The quantitative estimate of drug-likeness (QED) is 0.172. The third kappa shape index (κ3) is 5.46. The molecule has 0 amide bonds. The van der Waals surface area contributed by atoms with Crippen molar-refractivity contribution in [3.05, 3.63) is 81.4 Å². The summed E-state index contributed by atoms with van der Waals surface area (Å²) >= 11 is 2.41. The summed E-state index contributed by atoms with van der Waals surface area (Å²) < 4.78 is 24.4. The van der Waals surface area contributed by atoms with Gasteiger partial charge in [-0.15, -0.1) is 0 Å². The van der Waals surface area contributed by atoms with E-state index in [0.717, 1.165) is 54.4 Å². The molecule has 39 heavy (non-hydrogen) atoms. The van der Waals surface area contributed by atoms with Gasteiger partial charge in [-0.25, -0.2) is 0 Å².